The Bertz CT molecular complexity index is 622. The maximum Gasteiger partial charge on any atom is 0.241 e. The molecular weight excluding hydrogens is 249 g/mol. The van der Waals surface area contributed by atoms with Crippen molar-refractivity contribution in [3.8, 4) is 11.6 Å². The van der Waals surface area contributed by atoms with Gasteiger partial charge in [-0.3, -0.25) is 4.79 Å². The Hall–Kier alpha value is -2.37. The highest BCUT2D eigenvalue weighted by Gasteiger charge is 2.16. The standard InChI is InChI=1S/C13H14FN3O2/c1-8-12(15-9(2)18)13(17(3)16-8)19-11-6-4-5-10(14)7-11/h4-7H,1-3H3,(H,15,18). The van der Waals surface area contributed by atoms with Gasteiger partial charge >= 0.3 is 0 Å². The quantitative estimate of drug-likeness (QED) is 0.926. The molecule has 0 aliphatic carbocycles. The van der Waals surface area contributed by atoms with Crippen molar-refractivity contribution < 1.29 is 13.9 Å². The molecule has 19 heavy (non-hydrogen) atoms. The first kappa shape index (κ1) is 13.1. The highest BCUT2D eigenvalue weighted by molar-refractivity contribution is 5.90. The number of hydrogen-bond donors (Lipinski definition) is 1. The summed E-state index contributed by atoms with van der Waals surface area (Å²) in [6, 6.07) is 5.77. The van der Waals surface area contributed by atoms with Gasteiger partial charge in [-0.15, -0.1) is 0 Å². The van der Waals surface area contributed by atoms with Gasteiger partial charge in [-0.2, -0.15) is 5.10 Å². The lowest BCUT2D eigenvalue weighted by Crippen LogP contribution is -2.07. The Labute approximate surface area is 110 Å². The number of nitrogens with one attached hydrogen (secondary N) is 1. The van der Waals surface area contributed by atoms with E-state index in [-0.39, 0.29) is 5.91 Å². The fourth-order valence-corrected chi connectivity index (χ4v) is 1.72. The van der Waals surface area contributed by atoms with Gasteiger partial charge in [0.15, 0.2) is 0 Å². The summed E-state index contributed by atoms with van der Waals surface area (Å²) in [4.78, 5) is 11.2. The van der Waals surface area contributed by atoms with Crippen LogP contribution in [0.5, 0.6) is 11.6 Å². The van der Waals surface area contributed by atoms with Crippen LogP contribution in [0.3, 0.4) is 0 Å². The summed E-state index contributed by atoms with van der Waals surface area (Å²) < 4.78 is 20.2. The zero-order valence-corrected chi connectivity index (χ0v) is 10.9. The first-order valence-corrected chi connectivity index (χ1v) is 5.72. The minimum atomic E-state index is -0.391. The Balaban J connectivity index is 2.36. The zero-order chi connectivity index (χ0) is 14.0. The van der Waals surface area contributed by atoms with Crippen molar-refractivity contribution in [1.29, 1.82) is 0 Å². The van der Waals surface area contributed by atoms with Crippen LogP contribution < -0.4 is 10.1 Å². The molecule has 1 heterocycles. The van der Waals surface area contributed by atoms with E-state index in [4.69, 9.17) is 4.74 Å². The van der Waals surface area contributed by atoms with E-state index in [0.717, 1.165) is 0 Å². The molecule has 0 saturated heterocycles. The van der Waals surface area contributed by atoms with Crippen molar-refractivity contribution in [1.82, 2.24) is 9.78 Å². The molecule has 0 atom stereocenters. The predicted molar refractivity (Wildman–Crippen MR) is 68.7 cm³/mol. The summed E-state index contributed by atoms with van der Waals surface area (Å²) >= 11 is 0. The number of benzene rings is 1. The first-order chi connectivity index (χ1) is 8.97. The Morgan fingerprint density at radius 3 is 2.84 bits per heavy atom. The lowest BCUT2D eigenvalue weighted by atomic mass is 10.3. The van der Waals surface area contributed by atoms with Gasteiger partial charge in [-0.1, -0.05) is 6.07 Å². The van der Waals surface area contributed by atoms with Crippen LogP contribution in [0.25, 0.3) is 0 Å². The van der Waals surface area contributed by atoms with E-state index in [1.165, 1.54) is 23.7 Å². The maximum absolute atomic E-state index is 13.1. The lowest BCUT2D eigenvalue weighted by Gasteiger charge is -2.08. The van der Waals surface area contributed by atoms with Crippen LogP contribution in [0.2, 0.25) is 0 Å². The lowest BCUT2D eigenvalue weighted by molar-refractivity contribution is -0.114. The topological polar surface area (TPSA) is 56.2 Å². The average Bonchev–Trinajstić information content (AvgIpc) is 2.56. The molecule has 0 aliphatic rings. The van der Waals surface area contributed by atoms with Crippen molar-refractivity contribution in [3.63, 3.8) is 0 Å². The number of hydrogen-bond acceptors (Lipinski definition) is 3. The second kappa shape index (κ2) is 5.09. The number of ether oxygens (including phenoxy) is 1. The van der Waals surface area contributed by atoms with Gasteiger partial charge in [0.05, 0.1) is 5.69 Å². The van der Waals surface area contributed by atoms with Crippen LogP contribution in [-0.4, -0.2) is 15.7 Å². The molecule has 5 nitrogen and oxygen atoms in total. The predicted octanol–water partition coefficient (Wildman–Crippen LogP) is 2.62. The summed E-state index contributed by atoms with van der Waals surface area (Å²) in [6.07, 6.45) is 0. The van der Waals surface area contributed by atoms with E-state index in [0.29, 0.717) is 23.0 Å². The number of anilines is 1. The highest BCUT2D eigenvalue weighted by atomic mass is 19.1. The summed E-state index contributed by atoms with van der Waals surface area (Å²) in [7, 11) is 1.69. The van der Waals surface area contributed by atoms with Crippen molar-refractivity contribution in [2.24, 2.45) is 7.05 Å². The molecular formula is C13H14FN3O2. The third-order valence-corrected chi connectivity index (χ3v) is 2.48. The Morgan fingerprint density at radius 2 is 2.21 bits per heavy atom. The van der Waals surface area contributed by atoms with E-state index < -0.39 is 5.82 Å². The van der Waals surface area contributed by atoms with Crippen molar-refractivity contribution in [2.45, 2.75) is 13.8 Å². The molecule has 2 rings (SSSR count). The van der Waals surface area contributed by atoms with E-state index in [9.17, 15) is 9.18 Å². The van der Waals surface area contributed by atoms with Gasteiger partial charge in [0.2, 0.25) is 11.8 Å². The normalized spacial score (nSPS) is 10.3. The van der Waals surface area contributed by atoms with E-state index in [1.807, 2.05) is 0 Å². The van der Waals surface area contributed by atoms with E-state index in [2.05, 4.69) is 10.4 Å². The van der Waals surface area contributed by atoms with Crippen LogP contribution in [0.1, 0.15) is 12.6 Å². The number of aryl methyl sites for hydroxylation is 2. The molecule has 2 aromatic rings. The van der Waals surface area contributed by atoms with Gasteiger partial charge < -0.3 is 10.1 Å². The van der Waals surface area contributed by atoms with Gasteiger partial charge in [0.25, 0.3) is 0 Å². The molecule has 1 aromatic carbocycles. The van der Waals surface area contributed by atoms with Crippen LogP contribution in [-0.2, 0) is 11.8 Å². The van der Waals surface area contributed by atoms with Gasteiger partial charge in [-0.25, -0.2) is 9.07 Å². The maximum atomic E-state index is 13.1. The van der Waals surface area contributed by atoms with Gasteiger partial charge in [0, 0.05) is 20.0 Å². The molecule has 1 N–H and O–H groups in total. The molecule has 6 heteroatoms. The van der Waals surface area contributed by atoms with Gasteiger partial charge in [0.1, 0.15) is 17.3 Å². The molecule has 0 fully saturated rings. The van der Waals surface area contributed by atoms with Crippen molar-refractivity contribution in [3.05, 3.63) is 35.8 Å². The number of carbonyl (C=O) groups excluding carboxylic acids is 1. The summed E-state index contributed by atoms with van der Waals surface area (Å²) in [5.41, 5.74) is 1.11. The van der Waals surface area contributed by atoms with Crippen LogP contribution >= 0.6 is 0 Å². The minimum Gasteiger partial charge on any atom is -0.437 e. The zero-order valence-electron chi connectivity index (χ0n) is 10.9. The number of aromatic nitrogens is 2. The number of carbonyl (C=O) groups is 1. The average molecular weight is 263 g/mol. The molecule has 0 aliphatic heterocycles. The van der Waals surface area contributed by atoms with E-state index >= 15 is 0 Å². The second-order valence-corrected chi connectivity index (χ2v) is 4.13. The van der Waals surface area contributed by atoms with Crippen LogP contribution in [0.15, 0.2) is 24.3 Å². The van der Waals surface area contributed by atoms with Crippen LogP contribution in [0, 0.1) is 12.7 Å². The monoisotopic (exact) mass is 263 g/mol. The molecule has 0 unspecified atom stereocenters. The van der Waals surface area contributed by atoms with Crippen LogP contribution in [0.4, 0.5) is 10.1 Å². The third-order valence-electron chi connectivity index (χ3n) is 2.48. The number of rotatable bonds is 3. The summed E-state index contributed by atoms with van der Waals surface area (Å²) in [6.45, 7) is 3.15. The SMILES string of the molecule is CC(=O)Nc1c(C)nn(C)c1Oc1cccc(F)c1. The fraction of sp³-hybridized carbons (Fsp3) is 0.231. The molecule has 0 bridgehead atoms. The molecule has 0 saturated carbocycles. The Kier molecular flexibility index (Phi) is 3.50. The smallest absolute Gasteiger partial charge is 0.241 e. The third kappa shape index (κ3) is 2.90. The van der Waals surface area contributed by atoms with Crippen molar-refractivity contribution >= 4 is 11.6 Å². The van der Waals surface area contributed by atoms with Crippen molar-refractivity contribution in [2.75, 3.05) is 5.32 Å². The highest BCUT2D eigenvalue weighted by Crippen LogP contribution is 2.31. The molecule has 0 radical (unpaired) electrons. The fourth-order valence-electron chi connectivity index (χ4n) is 1.72. The number of nitrogens with zero attached hydrogens (tertiary/aromatic N) is 2. The summed E-state index contributed by atoms with van der Waals surface area (Å²) in [5.74, 6) is 0.0885. The molecule has 100 valence electrons. The molecule has 1 aromatic heterocycles. The van der Waals surface area contributed by atoms with E-state index in [1.54, 1.807) is 26.1 Å². The molecule has 0 spiro atoms. The largest absolute Gasteiger partial charge is 0.437 e. The molecule has 1 amide bonds. The second-order valence-electron chi connectivity index (χ2n) is 4.13. The minimum absolute atomic E-state index is 0.222. The first-order valence-electron chi connectivity index (χ1n) is 5.72. The summed E-state index contributed by atoms with van der Waals surface area (Å²) in [5, 5.41) is 6.82. The Morgan fingerprint density at radius 1 is 1.47 bits per heavy atom. The van der Waals surface area contributed by atoms with Gasteiger partial charge in [-0.05, 0) is 19.1 Å². The number of halogens is 1. The number of amides is 1.